The van der Waals surface area contributed by atoms with Gasteiger partial charge in [0, 0.05) is 24.3 Å². The van der Waals surface area contributed by atoms with E-state index in [4.69, 9.17) is 11.6 Å². The second-order valence-corrected chi connectivity index (χ2v) is 4.48. The van der Waals surface area contributed by atoms with Crippen LogP contribution in [0.1, 0.15) is 17.1 Å². The fraction of sp³-hybridized carbons (Fsp3) is 0.308. The highest BCUT2D eigenvalue weighted by Gasteiger charge is 2.06. The molecule has 0 spiro atoms. The van der Waals surface area contributed by atoms with Crippen LogP contribution in [0.25, 0.3) is 0 Å². The molecule has 90 valence electrons. The predicted octanol–water partition coefficient (Wildman–Crippen LogP) is 2.61. The summed E-state index contributed by atoms with van der Waals surface area (Å²) in [5, 5.41) is 3.92. The molecule has 2 aromatic rings. The van der Waals surface area contributed by atoms with E-state index in [0.717, 1.165) is 23.9 Å². The van der Waals surface area contributed by atoms with Gasteiger partial charge in [-0.05, 0) is 31.7 Å². The van der Waals surface area contributed by atoms with Gasteiger partial charge in [-0.2, -0.15) is 0 Å². The van der Waals surface area contributed by atoms with E-state index in [1.54, 1.807) is 0 Å². The average Bonchev–Trinajstić information content (AvgIpc) is 2.65. The number of benzene rings is 1. The van der Waals surface area contributed by atoms with Crippen molar-refractivity contribution in [3.63, 3.8) is 0 Å². The van der Waals surface area contributed by atoms with E-state index in [-0.39, 0.29) is 0 Å². The molecule has 0 saturated heterocycles. The zero-order valence-electron chi connectivity index (χ0n) is 10.1. The van der Waals surface area contributed by atoms with Gasteiger partial charge in [-0.1, -0.05) is 23.7 Å². The van der Waals surface area contributed by atoms with Crippen LogP contribution < -0.4 is 5.32 Å². The topological polar surface area (TPSA) is 29.9 Å². The van der Waals surface area contributed by atoms with E-state index >= 15 is 0 Å². The molecule has 0 radical (unpaired) electrons. The van der Waals surface area contributed by atoms with Crippen molar-refractivity contribution in [2.45, 2.75) is 20.0 Å². The second kappa shape index (κ2) is 5.34. The first-order chi connectivity index (χ1) is 8.20. The van der Waals surface area contributed by atoms with Crippen molar-refractivity contribution in [1.29, 1.82) is 0 Å². The Balaban J connectivity index is 2.22. The Morgan fingerprint density at radius 3 is 2.65 bits per heavy atom. The minimum absolute atomic E-state index is 0.770. The summed E-state index contributed by atoms with van der Waals surface area (Å²) in [5.41, 5.74) is 2.42. The van der Waals surface area contributed by atoms with Gasteiger partial charge in [0.05, 0.1) is 5.69 Å². The van der Waals surface area contributed by atoms with Crippen LogP contribution in [0.3, 0.4) is 0 Å². The van der Waals surface area contributed by atoms with Crippen LogP contribution in [-0.2, 0) is 13.1 Å². The lowest BCUT2D eigenvalue weighted by molar-refractivity contribution is 0.676. The van der Waals surface area contributed by atoms with E-state index < -0.39 is 0 Å². The van der Waals surface area contributed by atoms with Crippen LogP contribution in [0, 0.1) is 6.92 Å². The summed E-state index contributed by atoms with van der Waals surface area (Å²) in [6.45, 7) is 3.68. The Morgan fingerprint density at radius 2 is 2.00 bits per heavy atom. The predicted molar refractivity (Wildman–Crippen MR) is 70.3 cm³/mol. The van der Waals surface area contributed by atoms with Crippen molar-refractivity contribution in [3.05, 3.63) is 52.6 Å². The van der Waals surface area contributed by atoms with Crippen molar-refractivity contribution in [2.75, 3.05) is 7.05 Å². The molecule has 3 nitrogen and oxygen atoms in total. The van der Waals surface area contributed by atoms with Crippen LogP contribution >= 0.6 is 11.6 Å². The number of hydrogen-bond donors (Lipinski definition) is 1. The van der Waals surface area contributed by atoms with Crippen LogP contribution in [0.2, 0.25) is 5.02 Å². The first kappa shape index (κ1) is 12.1. The third kappa shape index (κ3) is 2.87. The molecule has 0 aliphatic rings. The largest absolute Gasteiger partial charge is 0.327 e. The van der Waals surface area contributed by atoms with E-state index in [0.29, 0.717) is 0 Å². The van der Waals surface area contributed by atoms with Gasteiger partial charge in [0.2, 0.25) is 0 Å². The molecule has 17 heavy (non-hydrogen) atoms. The van der Waals surface area contributed by atoms with Crippen molar-refractivity contribution < 1.29 is 0 Å². The smallest absolute Gasteiger partial charge is 0.106 e. The number of halogens is 1. The molecular weight excluding hydrogens is 234 g/mol. The highest BCUT2D eigenvalue weighted by molar-refractivity contribution is 6.30. The van der Waals surface area contributed by atoms with E-state index in [9.17, 15) is 0 Å². The van der Waals surface area contributed by atoms with Crippen LogP contribution in [0.15, 0.2) is 30.5 Å². The van der Waals surface area contributed by atoms with E-state index in [2.05, 4.69) is 14.9 Å². The molecule has 0 saturated carbocycles. The fourth-order valence-electron chi connectivity index (χ4n) is 1.83. The monoisotopic (exact) mass is 249 g/mol. The quantitative estimate of drug-likeness (QED) is 0.903. The van der Waals surface area contributed by atoms with Gasteiger partial charge < -0.3 is 9.88 Å². The first-order valence-electron chi connectivity index (χ1n) is 5.60. The molecule has 1 N–H and O–H groups in total. The maximum atomic E-state index is 5.88. The van der Waals surface area contributed by atoms with Crippen molar-refractivity contribution >= 4 is 11.6 Å². The highest BCUT2D eigenvalue weighted by Crippen LogP contribution is 2.13. The number of aryl methyl sites for hydroxylation is 1. The summed E-state index contributed by atoms with van der Waals surface area (Å²) in [7, 11) is 1.94. The average molecular weight is 250 g/mol. The molecule has 4 heteroatoms. The van der Waals surface area contributed by atoms with Gasteiger partial charge in [0.25, 0.3) is 0 Å². The molecule has 0 amide bonds. The normalized spacial score (nSPS) is 10.8. The Hall–Kier alpha value is -1.32. The second-order valence-electron chi connectivity index (χ2n) is 4.04. The third-order valence-electron chi connectivity index (χ3n) is 2.75. The summed E-state index contributed by atoms with van der Waals surface area (Å²) in [4.78, 5) is 4.35. The van der Waals surface area contributed by atoms with Crippen molar-refractivity contribution in [1.82, 2.24) is 14.9 Å². The molecule has 1 aromatic carbocycles. The molecular formula is C13H16ClN3. The Labute approximate surface area is 106 Å². The van der Waals surface area contributed by atoms with Gasteiger partial charge in [0.1, 0.15) is 5.82 Å². The van der Waals surface area contributed by atoms with Gasteiger partial charge in [0.15, 0.2) is 0 Å². The maximum absolute atomic E-state index is 5.88. The Morgan fingerprint density at radius 1 is 1.29 bits per heavy atom. The maximum Gasteiger partial charge on any atom is 0.106 e. The summed E-state index contributed by atoms with van der Waals surface area (Å²) in [6.07, 6.45) is 1.92. The standard InChI is InChI=1S/C13H16ClN3/c1-10-16-8-13(7-15-2)17(10)9-11-3-5-12(14)6-4-11/h3-6,8,15H,7,9H2,1-2H3. The summed E-state index contributed by atoms with van der Waals surface area (Å²) < 4.78 is 2.21. The van der Waals surface area contributed by atoms with E-state index in [1.165, 1.54) is 11.3 Å². The minimum atomic E-state index is 0.770. The molecule has 0 aliphatic heterocycles. The molecule has 2 rings (SSSR count). The summed E-state index contributed by atoms with van der Waals surface area (Å²) in [5.74, 6) is 1.03. The molecule has 0 fully saturated rings. The number of rotatable bonds is 4. The number of nitrogens with zero attached hydrogens (tertiary/aromatic N) is 2. The molecule has 1 aromatic heterocycles. The number of hydrogen-bond acceptors (Lipinski definition) is 2. The lowest BCUT2D eigenvalue weighted by atomic mass is 10.2. The molecule has 0 bridgehead atoms. The Kier molecular flexibility index (Phi) is 3.82. The summed E-state index contributed by atoms with van der Waals surface area (Å²) >= 11 is 5.88. The number of aromatic nitrogens is 2. The van der Waals surface area contributed by atoms with Crippen LogP contribution in [0.5, 0.6) is 0 Å². The third-order valence-corrected chi connectivity index (χ3v) is 3.00. The Bertz CT molecular complexity index is 488. The molecule has 0 atom stereocenters. The zero-order chi connectivity index (χ0) is 12.3. The van der Waals surface area contributed by atoms with E-state index in [1.807, 2.05) is 44.4 Å². The van der Waals surface area contributed by atoms with Crippen LogP contribution in [-0.4, -0.2) is 16.6 Å². The first-order valence-corrected chi connectivity index (χ1v) is 5.98. The van der Waals surface area contributed by atoms with Gasteiger partial charge in [-0.25, -0.2) is 4.98 Å². The molecule has 1 heterocycles. The molecule has 0 unspecified atom stereocenters. The van der Waals surface area contributed by atoms with Gasteiger partial charge >= 0.3 is 0 Å². The van der Waals surface area contributed by atoms with Crippen LogP contribution in [0.4, 0.5) is 0 Å². The van der Waals surface area contributed by atoms with Crippen molar-refractivity contribution in [2.24, 2.45) is 0 Å². The lowest BCUT2D eigenvalue weighted by Crippen LogP contribution is -2.12. The number of nitrogens with one attached hydrogen (secondary N) is 1. The lowest BCUT2D eigenvalue weighted by Gasteiger charge is -2.10. The van der Waals surface area contributed by atoms with Gasteiger partial charge in [-0.3, -0.25) is 0 Å². The van der Waals surface area contributed by atoms with Crippen molar-refractivity contribution in [3.8, 4) is 0 Å². The summed E-state index contributed by atoms with van der Waals surface area (Å²) in [6, 6.07) is 7.93. The SMILES string of the molecule is CNCc1cnc(C)n1Cc1ccc(Cl)cc1. The fourth-order valence-corrected chi connectivity index (χ4v) is 1.95. The minimum Gasteiger partial charge on any atom is -0.327 e. The number of imidazole rings is 1. The highest BCUT2D eigenvalue weighted by atomic mass is 35.5. The molecule has 0 aliphatic carbocycles. The van der Waals surface area contributed by atoms with Gasteiger partial charge in [-0.15, -0.1) is 0 Å². The zero-order valence-corrected chi connectivity index (χ0v) is 10.8.